The lowest BCUT2D eigenvalue weighted by Crippen LogP contribution is -2.42. The van der Waals surface area contributed by atoms with Crippen molar-refractivity contribution in [1.82, 2.24) is 0 Å². The molecular formula is C17H27NS. The zero-order valence-electron chi connectivity index (χ0n) is 12.6. The van der Waals surface area contributed by atoms with Gasteiger partial charge < -0.3 is 5.73 Å². The maximum absolute atomic E-state index is 6.36. The Labute approximate surface area is 122 Å². The SMILES string of the molecule is CC1CC(C)C(Sc2ccc(C(C)C)cc2)C(N)C1. The van der Waals surface area contributed by atoms with Gasteiger partial charge in [-0.15, -0.1) is 11.8 Å². The van der Waals surface area contributed by atoms with Crippen molar-refractivity contribution in [3.05, 3.63) is 29.8 Å². The van der Waals surface area contributed by atoms with Gasteiger partial charge in [0.2, 0.25) is 0 Å². The summed E-state index contributed by atoms with van der Waals surface area (Å²) < 4.78 is 0. The van der Waals surface area contributed by atoms with Crippen LogP contribution in [0.2, 0.25) is 0 Å². The van der Waals surface area contributed by atoms with Crippen molar-refractivity contribution in [1.29, 1.82) is 0 Å². The van der Waals surface area contributed by atoms with E-state index in [1.54, 1.807) is 0 Å². The highest BCUT2D eigenvalue weighted by atomic mass is 32.2. The lowest BCUT2D eigenvalue weighted by molar-refractivity contribution is 0.279. The summed E-state index contributed by atoms with van der Waals surface area (Å²) in [5.74, 6) is 2.11. The number of nitrogens with two attached hydrogens (primary N) is 1. The van der Waals surface area contributed by atoms with Crippen LogP contribution in [-0.2, 0) is 0 Å². The minimum atomic E-state index is 0.341. The van der Waals surface area contributed by atoms with E-state index < -0.39 is 0 Å². The first-order valence-corrected chi connectivity index (χ1v) is 8.37. The van der Waals surface area contributed by atoms with Gasteiger partial charge in [0.05, 0.1) is 0 Å². The quantitative estimate of drug-likeness (QED) is 0.869. The van der Waals surface area contributed by atoms with Crippen molar-refractivity contribution in [3.63, 3.8) is 0 Å². The average Bonchev–Trinajstić information content (AvgIpc) is 2.34. The minimum Gasteiger partial charge on any atom is -0.327 e. The number of benzene rings is 1. The average molecular weight is 277 g/mol. The topological polar surface area (TPSA) is 26.0 Å². The molecule has 4 atom stereocenters. The van der Waals surface area contributed by atoms with Crippen LogP contribution in [0.15, 0.2) is 29.2 Å². The normalized spacial score (nSPS) is 31.7. The van der Waals surface area contributed by atoms with Crippen LogP contribution in [0.5, 0.6) is 0 Å². The molecule has 2 heteroatoms. The molecule has 19 heavy (non-hydrogen) atoms. The molecule has 0 aliphatic heterocycles. The fourth-order valence-corrected chi connectivity index (χ4v) is 4.41. The van der Waals surface area contributed by atoms with Crippen LogP contribution in [0.25, 0.3) is 0 Å². The molecule has 4 unspecified atom stereocenters. The van der Waals surface area contributed by atoms with Crippen molar-refractivity contribution in [3.8, 4) is 0 Å². The molecule has 0 heterocycles. The summed E-state index contributed by atoms with van der Waals surface area (Å²) in [6, 6.07) is 9.38. The molecule has 0 amide bonds. The second-order valence-corrected chi connectivity index (χ2v) is 7.78. The fourth-order valence-electron chi connectivity index (χ4n) is 3.18. The third kappa shape index (κ3) is 3.76. The van der Waals surface area contributed by atoms with Crippen LogP contribution >= 0.6 is 11.8 Å². The Morgan fingerprint density at radius 3 is 2.26 bits per heavy atom. The van der Waals surface area contributed by atoms with E-state index in [-0.39, 0.29) is 0 Å². The third-order valence-corrected chi connectivity index (χ3v) is 5.88. The van der Waals surface area contributed by atoms with E-state index in [0.29, 0.717) is 23.1 Å². The number of rotatable bonds is 3. The molecule has 106 valence electrons. The first-order valence-electron chi connectivity index (χ1n) is 7.49. The maximum atomic E-state index is 6.36. The smallest absolute Gasteiger partial charge is 0.0272 e. The van der Waals surface area contributed by atoms with Crippen LogP contribution in [0.4, 0.5) is 0 Å². The van der Waals surface area contributed by atoms with Gasteiger partial charge in [0.1, 0.15) is 0 Å². The highest BCUT2D eigenvalue weighted by Crippen LogP contribution is 2.39. The van der Waals surface area contributed by atoms with Crippen molar-refractivity contribution in [2.24, 2.45) is 17.6 Å². The Kier molecular flexibility index (Phi) is 4.97. The molecule has 0 aromatic heterocycles. The van der Waals surface area contributed by atoms with E-state index in [0.717, 1.165) is 5.92 Å². The first kappa shape index (κ1) is 14.9. The molecule has 0 bridgehead atoms. The molecule has 1 aliphatic carbocycles. The van der Waals surface area contributed by atoms with E-state index >= 15 is 0 Å². The van der Waals surface area contributed by atoms with Gasteiger partial charge in [-0.1, -0.05) is 39.8 Å². The molecule has 1 saturated carbocycles. The summed E-state index contributed by atoms with van der Waals surface area (Å²) in [4.78, 5) is 1.37. The zero-order valence-corrected chi connectivity index (χ0v) is 13.4. The van der Waals surface area contributed by atoms with Gasteiger partial charge in [0.25, 0.3) is 0 Å². The molecule has 1 aromatic carbocycles. The molecule has 0 radical (unpaired) electrons. The molecule has 0 spiro atoms. The molecule has 1 aliphatic rings. The van der Waals surface area contributed by atoms with Crippen molar-refractivity contribution in [2.45, 2.75) is 62.6 Å². The van der Waals surface area contributed by atoms with Crippen molar-refractivity contribution in [2.75, 3.05) is 0 Å². The van der Waals surface area contributed by atoms with Gasteiger partial charge >= 0.3 is 0 Å². The highest BCUT2D eigenvalue weighted by molar-refractivity contribution is 8.00. The summed E-state index contributed by atoms with van der Waals surface area (Å²) in [5, 5.41) is 0.570. The predicted molar refractivity (Wildman–Crippen MR) is 85.7 cm³/mol. The fraction of sp³-hybridized carbons (Fsp3) is 0.647. The zero-order chi connectivity index (χ0) is 14.0. The molecule has 1 fully saturated rings. The van der Waals surface area contributed by atoms with Crippen molar-refractivity contribution >= 4 is 11.8 Å². The first-order chi connectivity index (χ1) is 8.97. The van der Waals surface area contributed by atoms with Gasteiger partial charge in [0.15, 0.2) is 0 Å². The second kappa shape index (κ2) is 6.32. The number of thioether (sulfide) groups is 1. The summed E-state index contributed by atoms with van der Waals surface area (Å²) in [6.45, 7) is 9.16. The minimum absolute atomic E-state index is 0.341. The van der Waals surface area contributed by atoms with Crippen LogP contribution in [0, 0.1) is 11.8 Å². The van der Waals surface area contributed by atoms with E-state index in [4.69, 9.17) is 5.73 Å². The second-order valence-electron chi connectivity index (χ2n) is 6.52. The van der Waals surface area contributed by atoms with Crippen LogP contribution in [0.1, 0.15) is 52.0 Å². The Balaban J connectivity index is 2.03. The monoisotopic (exact) mass is 277 g/mol. The van der Waals surface area contributed by atoms with Crippen LogP contribution in [0.3, 0.4) is 0 Å². The lowest BCUT2D eigenvalue weighted by atomic mass is 9.80. The van der Waals surface area contributed by atoms with Gasteiger partial charge in [-0.05, 0) is 48.3 Å². The lowest BCUT2D eigenvalue weighted by Gasteiger charge is -2.37. The molecule has 1 nitrogen and oxygen atoms in total. The largest absolute Gasteiger partial charge is 0.327 e. The van der Waals surface area contributed by atoms with Gasteiger partial charge in [-0.3, -0.25) is 0 Å². The molecular weight excluding hydrogens is 250 g/mol. The molecule has 1 aromatic rings. The third-order valence-electron chi connectivity index (χ3n) is 4.25. The van der Waals surface area contributed by atoms with Gasteiger partial charge in [-0.25, -0.2) is 0 Å². The highest BCUT2D eigenvalue weighted by Gasteiger charge is 2.32. The summed E-state index contributed by atoms with van der Waals surface area (Å²) >= 11 is 1.98. The molecule has 2 rings (SSSR count). The summed E-state index contributed by atoms with van der Waals surface area (Å²) in [6.07, 6.45) is 2.49. The Hall–Kier alpha value is -0.470. The van der Waals surface area contributed by atoms with Crippen LogP contribution < -0.4 is 5.73 Å². The standard InChI is InChI=1S/C17H27NS/c1-11(2)14-5-7-15(8-6-14)19-17-13(4)9-12(3)10-16(17)18/h5-8,11-13,16-17H,9-10,18H2,1-4H3. The maximum Gasteiger partial charge on any atom is 0.0272 e. The Bertz CT molecular complexity index is 386. The summed E-state index contributed by atoms with van der Waals surface area (Å²) in [5.41, 5.74) is 7.78. The van der Waals surface area contributed by atoms with E-state index in [9.17, 15) is 0 Å². The van der Waals surface area contributed by atoms with E-state index in [1.807, 2.05) is 11.8 Å². The number of hydrogen-bond acceptors (Lipinski definition) is 2. The van der Waals surface area contributed by atoms with Gasteiger partial charge in [-0.2, -0.15) is 0 Å². The molecule has 2 N–H and O–H groups in total. The number of hydrogen-bond donors (Lipinski definition) is 1. The Morgan fingerprint density at radius 1 is 1.11 bits per heavy atom. The molecule has 0 saturated heterocycles. The van der Waals surface area contributed by atoms with E-state index in [2.05, 4.69) is 52.0 Å². The van der Waals surface area contributed by atoms with Gasteiger partial charge in [0, 0.05) is 16.2 Å². The van der Waals surface area contributed by atoms with E-state index in [1.165, 1.54) is 23.3 Å². The predicted octanol–water partition coefficient (Wildman–Crippen LogP) is 4.66. The summed E-state index contributed by atoms with van der Waals surface area (Å²) in [7, 11) is 0. The van der Waals surface area contributed by atoms with Crippen molar-refractivity contribution < 1.29 is 0 Å². The Morgan fingerprint density at radius 2 is 1.74 bits per heavy atom. The van der Waals surface area contributed by atoms with Crippen LogP contribution in [-0.4, -0.2) is 11.3 Å².